The molecule has 0 aliphatic carbocycles. The maximum absolute atomic E-state index is 14.3. The highest BCUT2D eigenvalue weighted by Gasteiger charge is 2.40. The van der Waals surface area contributed by atoms with E-state index in [0.717, 1.165) is 63.7 Å². The van der Waals surface area contributed by atoms with Crippen LogP contribution in [0.2, 0.25) is 0 Å². The molecule has 10 rings (SSSR count). The number of nitrogens with zero attached hydrogens (tertiary/aromatic N) is 5. The van der Waals surface area contributed by atoms with Gasteiger partial charge in [-0.2, -0.15) is 0 Å². The summed E-state index contributed by atoms with van der Waals surface area (Å²) in [6, 6.07) is 29.1. The molecule has 88 heavy (non-hydrogen) atoms. The molecule has 5 heterocycles. The van der Waals surface area contributed by atoms with Gasteiger partial charge in [-0.15, -0.1) is 11.8 Å². The van der Waals surface area contributed by atoms with Crippen LogP contribution in [-0.2, 0) is 54.6 Å². The molecule has 19 nitrogen and oxygen atoms in total. The number of imide groups is 1. The Kier molecular flexibility index (Phi) is 21.9. The number of likely N-dealkylation sites (tertiary alicyclic amines) is 1. The zero-order chi connectivity index (χ0) is 61.7. The first kappa shape index (κ1) is 64.0. The Labute approximate surface area is 527 Å². The molecular formula is C66H79N7O12S3. The third-order valence-corrected chi connectivity index (χ3v) is 20.6. The topological polar surface area (TPSA) is 199 Å². The van der Waals surface area contributed by atoms with Gasteiger partial charge < -0.3 is 53.6 Å². The number of nitrogens with one attached hydrogen (secondary N) is 2. The molecule has 5 aromatic rings. The minimum atomic E-state index is -0.333. The Hall–Kier alpha value is -6.95. The molecule has 1 unspecified atom stereocenters. The molecule has 0 radical (unpaired) electrons. The lowest BCUT2D eigenvalue weighted by Gasteiger charge is -2.34. The fourth-order valence-electron chi connectivity index (χ4n) is 11.6. The number of para-hydroxylation sites is 2. The van der Waals surface area contributed by atoms with Crippen LogP contribution in [0.5, 0.6) is 23.0 Å². The first-order valence-electron chi connectivity index (χ1n) is 30.1. The van der Waals surface area contributed by atoms with Gasteiger partial charge in [-0.05, 0) is 104 Å². The number of benzene rings is 5. The molecule has 468 valence electrons. The number of methoxy groups -OCH3 is 3. The Morgan fingerprint density at radius 2 is 1.41 bits per heavy atom. The average Bonchev–Trinajstić information content (AvgIpc) is 3.92. The van der Waals surface area contributed by atoms with Crippen molar-refractivity contribution in [1.82, 2.24) is 10.2 Å². The average molecular weight is 1260 g/mol. The molecule has 5 amide bonds. The standard InChI is InChI=1S/C66H79N7O12S3/c1-7-26-86-60-37-62(75)71(65(60)78)19-18-67-61(74)17-12-27-87-88-66(2,3)42-70(20-21-82-24-25-83-23-22-79-4)47-29-43(40-84-58-35-52-50(33-56(58)80-5)63(76)72-48(38-68-52)31-45-13-8-10-15-54(45)72)28-44(30-47)41-85-59-36-53-51(34-57(59)81-6)64(77)73-49(39-69-53)32-46-14-9-11-16-55(46)73/h8-11,13-16,28-30,33-36,38,48-49,60,69H,7,12,17-27,31-32,37,39-42H2,1-6H3,(H,67,74)/t48-,49-,60?/m0/s1. The summed E-state index contributed by atoms with van der Waals surface area (Å²) in [6.07, 6.45) is 5.38. The number of carbonyl (C=O) groups excluding carboxylic acids is 5. The lowest BCUT2D eigenvalue weighted by atomic mass is 10.1. The number of fused-ring (bicyclic) bond motifs is 8. The van der Waals surface area contributed by atoms with E-state index in [1.807, 2.05) is 77.5 Å². The maximum Gasteiger partial charge on any atom is 0.261 e. The van der Waals surface area contributed by atoms with E-state index in [4.69, 9.17) is 38.2 Å². The second kappa shape index (κ2) is 30.0. The van der Waals surface area contributed by atoms with E-state index in [0.29, 0.717) is 117 Å². The smallest absolute Gasteiger partial charge is 0.261 e. The second-order valence-corrected chi connectivity index (χ2v) is 27.2. The van der Waals surface area contributed by atoms with Crippen LogP contribution in [0, 0.1) is 0 Å². The first-order chi connectivity index (χ1) is 42.8. The van der Waals surface area contributed by atoms with Crippen LogP contribution >= 0.6 is 33.3 Å². The van der Waals surface area contributed by atoms with Crippen molar-refractivity contribution in [1.29, 1.82) is 0 Å². The van der Waals surface area contributed by atoms with E-state index in [9.17, 15) is 24.0 Å². The van der Waals surface area contributed by atoms with Crippen molar-refractivity contribution < 1.29 is 57.1 Å². The van der Waals surface area contributed by atoms with Gasteiger partial charge in [0.1, 0.15) is 13.2 Å². The number of aliphatic imine (C=N–C) groups is 1. The van der Waals surface area contributed by atoms with Crippen LogP contribution in [0.25, 0.3) is 0 Å². The van der Waals surface area contributed by atoms with Gasteiger partial charge in [0.15, 0.2) is 23.0 Å². The SMILES string of the molecule is CCCSC1CC(=O)N(CCNC(=O)CCCSSC(C)(C)CN(CCOCCOCCOC)c2cc(COc3cc4c(cc3OC)C(=O)N3c5ccccc5C[C@H]3C=N4)cc(COc3cc4c(cc3OC)C(=O)N3c5ccccc5C[C@H]3CN4)c2)C1=O. The van der Waals surface area contributed by atoms with Gasteiger partial charge in [0.05, 0.1) is 87.1 Å². The summed E-state index contributed by atoms with van der Waals surface area (Å²) in [5.41, 5.74) is 8.68. The lowest BCUT2D eigenvalue weighted by Crippen LogP contribution is -2.39. The van der Waals surface area contributed by atoms with E-state index < -0.39 is 0 Å². The van der Waals surface area contributed by atoms with Crippen LogP contribution < -0.4 is 44.3 Å². The Morgan fingerprint density at radius 3 is 2.12 bits per heavy atom. The summed E-state index contributed by atoms with van der Waals surface area (Å²) < 4.78 is 42.0. The predicted octanol–water partition coefficient (Wildman–Crippen LogP) is 9.96. The van der Waals surface area contributed by atoms with Crippen molar-refractivity contribution in [2.75, 3.05) is 119 Å². The van der Waals surface area contributed by atoms with Crippen molar-refractivity contribution in [3.8, 4) is 23.0 Å². The summed E-state index contributed by atoms with van der Waals surface area (Å²) in [6.45, 7) is 11.0. The Bertz CT molecular complexity index is 3370. The number of hydrogen-bond acceptors (Lipinski definition) is 18. The molecule has 22 heteroatoms. The monoisotopic (exact) mass is 1260 g/mol. The summed E-state index contributed by atoms with van der Waals surface area (Å²) >= 11 is 1.52. The van der Waals surface area contributed by atoms with E-state index in [-0.39, 0.29) is 84.3 Å². The Morgan fingerprint density at radius 1 is 0.750 bits per heavy atom. The van der Waals surface area contributed by atoms with Crippen LogP contribution in [0.4, 0.5) is 28.4 Å². The first-order valence-corrected chi connectivity index (χ1v) is 33.5. The summed E-state index contributed by atoms with van der Waals surface area (Å²) in [5, 5.41) is 6.12. The van der Waals surface area contributed by atoms with Crippen LogP contribution in [-0.4, -0.2) is 161 Å². The molecule has 1 fully saturated rings. The van der Waals surface area contributed by atoms with E-state index >= 15 is 0 Å². The molecule has 5 aliphatic rings. The quantitative estimate of drug-likeness (QED) is 0.0234. The van der Waals surface area contributed by atoms with Crippen LogP contribution in [0.15, 0.2) is 96.0 Å². The molecule has 0 aromatic heterocycles. The number of thioether (sulfide) groups is 1. The Balaban J connectivity index is 0.868. The highest BCUT2D eigenvalue weighted by atomic mass is 33.1. The molecule has 3 atom stereocenters. The largest absolute Gasteiger partial charge is 0.493 e. The highest BCUT2D eigenvalue weighted by molar-refractivity contribution is 8.77. The number of carbonyl (C=O) groups is 5. The fourth-order valence-corrected chi connectivity index (χ4v) is 15.2. The van der Waals surface area contributed by atoms with Gasteiger partial charge in [0.2, 0.25) is 17.7 Å². The third kappa shape index (κ3) is 15.4. The lowest BCUT2D eigenvalue weighted by molar-refractivity contribution is -0.138. The molecule has 5 aliphatic heterocycles. The van der Waals surface area contributed by atoms with Crippen molar-refractivity contribution in [3.05, 3.63) is 124 Å². The number of ether oxygens (including phenoxy) is 7. The van der Waals surface area contributed by atoms with Crippen LogP contribution in [0.3, 0.4) is 0 Å². The molecular weight excluding hydrogens is 1180 g/mol. The predicted molar refractivity (Wildman–Crippen MR) is 349 cm³/mol. The van der Waals surface area contributed by atoms with E-state index in [1.54, 1.807) is 61.1 Å². The van der Waals surface area contributed by atoms with Crippen LogP contribution in [0.1, 0.15) is 89.4 Å². The third-order valence-electron chi connectivity index (χ3n) is 15.9. The van der Waals surface area contributed by atoms with Gasteiger partial charge in [0, 0.05) is 105 Å². The highest BCUT2D eigenvalue weighted by Crippen LogP contribution is 2.44. The van der Waals surface area contributed by atoms with Gasteiger partial charge in [-0.25, -0.2) is 0 Å². The number of anilines is 4. The maximum atomic E-state index is 14.3. The zero-order valence-electron chi connectivity index (χ0n) is 51.0. The van der Waals surface area contributed by atoms with E-state index in [1.165, 1.54) is 16.7 Å². The summed E-state index contributed by atoms with van der Waals surface area (Å²) in [4.78, 5) is 79.1. The van der Waals surface area contributed by atoms with Crippen molar-refractivity contribution in [2.24, 2.45) is 4.99 Å². The normalized spacial score (nSPS) is 17.3. The molecule has 0 saturated carbocycles. The molecule has 1 saturated heterocycles. The number of amides is 5. The summed E-state index contributed by atoms with van der Waals surface area (Å²) in [7, 11) is 8.23. The number of hydrogen-bond donors (Lipinski definition) is 2. The molecule has 0 spiro atoms. The van der Waals surface area contributed by atoms with Gasteiger partial charge in [-0.3, -0.25) is 38.8 Å². The molecule has 5 aromatic carbocycles. The summed E-state index contributed by atoms with van der Waals surface area (Å²) in [5.74, 6) is 2.54. The van der Waals surface area contributed by atoms with E-state index in [2.05, 4.69) is 47.6 Å². The molecule has 0 bridgehead atoms. The van der Waals surface area contributed by atoms with Gasteiger partial charge in [0.25, 0.3) is 11.8 Å². The number of rotatable bonds is 32. The van der Waals surface area contributed by atoms with Gasteiger partial charge >= 0.3 is 0 Å². The zero-order valence-corrected chi connectivity index (χ0v) is 53.4. The minimum absolute atomic E-state index is 0.0421. The fraction of sp³-hybridized carbons (Fsp3) is 0.455. The second-order valence-electron chi connectivity index (χ2n) is 22.8. The molecule has 2 N–H and O–H groups in total. The van der Waals surface area contributed by atoms with Crippen molar-refractivity contribution >= 4 is 97.5 Å². The minimum Gasteiger partial charge on any atom is -0.493 e. The van der Waals surface area contributed by atoms with Crippen molar-refractivity contribution in [2.45, 2.75) is 94.6 Å². The van der Waals surface area contributed by atoms with Crippen molar-refractivity contribution in [3.63, 3.8) is 0 Å². The van der Waals surface area contributed by atoms with Gasteiger partial charge in [-0.1, -0.05) is 64.9 Å².